The number of nitriles is 1. The van der Waals surface area contributed by atoms with Gasteiger partial charge in [0, 0.05) is 31.2 Å². The van der Waals surface area contributed by atoms with E-state index < -0.39 is 0 Å². The fourth-order valence-corrected chi connectivity index (χ4v) is 2.77. The lowest BCUT2D eigenvalue weighted by Crippen LogP contribution is -2.29. The third-order valence-electron chi connectivity index (χ3n) is 3.92. The minimum absolute atomic E-state index is 0.0134. The van der Waals surface area contributed by atoms with E-state index in [0.29, 0.717) is 17.2 Å². The molecule has 0 saturated carbocycles. The second-order valence-corrected chi connectivity index (χ2v) is 5.47. The van der Waals surface area contributed by atoms with Gasteiger partial charge in [0.05, 0.1) is 5.56 Å². The van der Waals surface area contributed by atoms with E-state index in [1.807, 2.05) is 29.2 Å². The largest absolute Gasteiger partial charge is 0.338 e. The minimum atomic E-state index is -0.0134. The monoisotopic (exact) mass is 292 g/mol. The highest BCUT2D eigenvalue weighted by Crippen LogP contribution is 2.21. The Balaban J connectivity index is 1.62. The molecule has 0 radical (unpaired) electrons. The summed E-state index contributed by atoms with van der Waals surface area (Å²) in [7, 11) is 0. The van der Waals surface area contributed by atoms with Gasteiger partial charge in [0.2, 0.25) is 0 Å². The van der Waals surface area contributed by atoms with E-state index in [2.05, 4.69) is 9.97 Å². The zero-order valence-corrected chi connectivity index (χ0v) is 12.1. The van der Waals surface area contributed by atoms with Crippen molar-refractivity contribution in [3.05, 3.63) is 59.7 Å². The maximum absolute atomic E-state index is 12.4. The molecule has 1 aliphatic heterocycles. The fraction of sp³-hybridized carbons (Fsp3) is 0.294. The molecule has 110 valence electrons. The van der Waals surface area contributed by atoms with E-state index >= 15 is 0 Å². The van der Waals surface area contributed by atoms with Crippen LogP contribution in [-0.2, 0) is 6.42 Å². The van der Waals surface area contributed by atoms with Gasteiger partial charge in [0.25, 0.3) is 5.91 Å². The molecule has 1 saturated heterocycles. The molecule has 1 fully saturated rings. The molecule has 1 atom stereocenters. The van der Waals surface area contributed by atoms with Crippen LogP contribution in [0, 0.1) is 17.2 Å². The average Bonchev–Trinajstić information content (AvgIpc) is 3.04. The zero-order valence-electron chi connectivity index (χ0n) is 12.1. The molecule has 5 heteroatoms. The number of nitrogens with zero attached hydrogens (tertiary/aromatic N) is 4. The lowest BCUT2D eigenvalue weighted by Gasteiger charge is -2.16. The highest BCUT2D eigenvalue weighted by molar-refractivity contribution is 5.94. The van der Waals surface area contributed by atoms with Crippen LogP contribution < -0.4 is 0 Å². The molecular formula is C17H16N4O. The number of amides is 1. The van der Waals surface area contributed by atoms with Crippen molar-refractivity contribution in [2.75, 3.05) is 13.1 Å². The molecule has 0 bridgehead atoms. The quantitative estimate of drug-likeness (QED) is 0.868. The van der Waals surface area contributed by atoms with E-state index in [1.54, 1.807) is 18.3 Å². The van der Waals surface area contributed by atoms with Gasteiger partial charge < -0.3 is 4.90 Å². The van der Waals surface area contributed by atoms with Crippen LogP contribution >= 0.6 is 0 Å². The summed E-state index contributed by atoms with van der Waals surface area (Å²) < 4.78 is 0. The number of aromatic nitrogens is 2. The van der Waals surface area contributed by atoms with Gasteiger partial charge in [-0.25, -0.2) is 4.98 Å². The average molecular weight is 292 g/mol. The molecule has 3 rings (SSSR count). The minimum Gasteiger partial charge on any atom is -0.338 e. The lowest BCUT2D eigenvalue weighted by atomic mass is 10.0. The molecule has 1 amide bonds. The second kappa shape index (κ2) is 6.35. The number of pyridine rings is 2. The van der Waals surface area contributed by atoms with Gasteiger partial charge in [-0.1, -0.05) is 6.07 Å². The number of carbonyl (C=O) groups is 1. The topological polar surface area (TPSA) is 69.9 Å². The van der Waals surface area contributed by atoms with Gasteiger partial charge in [-0.2, -0.15) is 5.26 Å². The normalized spacial score (nSPS) is 17.2. The van der Waals surface area contributed by atoms with Crippen LogP contribution in [0.1, 0.15) is 28.2 Å². The van der Waals surface area contributed by atoms with Gasteiger partial charge in [-0.15, -0.1) is 0 Å². The maximum Gasteiger partial charge on any atom is 0.255 e. The summed E-state index contributed by atoms with van der Waals surface area (Å²) in [6.07, 6.45) is 5.17. The summed E-state index contributed by atoms with van der Waals surface area (Å²) in [4.78, 5) is 22.6. The summed E-state index contributed by atoms with van der Waals surface area (Å²) in [5.74, 6) is 0.436. The highest BCUT2D eigenvalue weighted by Gasteiger charge is 2.27. The Morgan fingerprint density at radius 1 is 1.32 bits per heavy atom. The maximum atomic E-state index is 12.4. The van der Waals surface area contributed by atoms with E-state index in [0.717, 1.165) is 31.6 Å². The first-order valence-electron chi connectivity index (χ1n) is 7.31. The molecule has 0 aromatic carbocycles. The first-order valence-corrected chi connectivity index (χ1v) is 7.31. The van der Waals surface area contributed by atoms with Crippen LogP contribution in [0.3, 0.4) is 0 Å². The van der Waals surface area contributed by atoms with Crippen molar-refractivity contribution < 1.29 is 4.79 Å². The zero-order chi connectivity index (χ0) is 15.4. The van der Waals surface area contributed by atoms with Gasteiger partial charge in [0.15, 0.2) is 0 Å². The SMILES string of the molecule is N#Cc1ccc(C(=O)N2CCC(Cc3ccccn3)C2)cn1. The summed E-state index contributed by atoms with van der Waals surface area (Å²) in [5, 5.41) is 8.74. The van der Waals surface area contributed by atoms with Crippen molar-refractivity contribution in [1.29, 1.82) is 5.26 Å². The van der Waals surface area contributed by atoms with Crippen LogP contribution in [0.15, 0.2) is 42.7 Å². The van der Waals surface area contributed by atoms with Crippen molar-refractivity contribution in [2.24, 2.45) is 5.92 Å². The number of likely N-dealkylation sites (tertiary alicyclic amines) is 1. The van der Waals surface area contributed by atoms with Crippen molar-refractivity contribution >= 4 is 5.91 Å². The molecule has 0 aliphatic carbocycles. The van der Waals surface area contributed by atoms with Gasteiger partial charge in [-0.3, -0.25) is 9.78 Å². The predicted molar refractivity (Wildman–Crippen MR) is 80.9 cm³/mol. The van der Waals surface area contributed by atoms with Crippen molar-refractivity contribution in [2.45, 2.75) is 12.8 Å². The van der Waals surface area contributed by atoms with Gasteiger partial charge in [0.1, 0.15) is 11.8 Å². The van der Waals surface area contributed by atoms with Crippen LogP contribution in [0.25, 0.3) is 0 Å². The fourth-order valence-electron chi connectivity index (χ4n) is 2.77. The molecule has 2 aromatic rings. The predicted octanol–water partition coefficient (Wildman–Crippen LogP) is 2.05. The highest BCUT2D eigenvalue weighted by atomic mass is 16.2. The smallest absolute Gasteiger partial charge is 0.255 e. The number of hydrogen-bond acceptors (Lipinski definition) is 4. The Morgan fingerprint density at radius 2 is 2.23 bits per heavy atom. The lowest BCUT2D eigenvalue weighted by molar-refractivity contribution is 0.0786. The standard InChI is InChI=1S/C17H16N4O/c18-10-16-5-4-14(11-20-16)17(22)21-8-6-13(12-21)9-15-3-1-2-7-19-15/h1-5,7,11,13H,6,8-9,12H2. The van der Waals surface area contributed by atoms with Crippen LogP contribution in [0.2, 0.25) is 0 Å². The molecule has 0 spiro atoms. The Labute approximate surface area is 129 Å². The number of rotatable bonds is 3. The third-order valence-corrected chi connectivity index (χ3v) is 3.92. The Morgan fingerprint density at radius 3 is 2.91 bits per heavy atom. The first-order chi connectivity index (χ1) is 10.8. The van der Waals surface area contributed by atoms with Crippen molar-refractivity contribution in [1.82, 2.24) is 14.9 Å². The Kier molecular flexibility index (Phi) is 4.10. The summed E-state index contributed by atoms with van der Waals surface area (Å²) in [6, 6.07) is 11.1. The molecule has 2 aromatic heterocycles. The first kappa shape index (κ1) is 14.2. The molecule has 3 heterocycles. The van der Waals surface area contributed by atoms with Crippen LogP contribution in [-0.4, -0.2) is 33.9 Å². The van der Waals surface area contributed by atoms with E-state index in [9.17, 15) is 4.79 Å². The molecular weight excluding hydrogens is 276 g/mol. The van der Waals surface area contributed by atoms with Crippen molar-refractivity contribution in [3.8, 4) is 6.07 Å². The van der Waals surface area contributed by atoms with Crippen molar-refractivity contribution in [3.63, 3.8) is 0 Å². The summed E-state index contributed by atoms with van der Waals surface area (Å²) in [5.41, 5.74) is 1.94. The van der Waals surface area contributed by atoms with E-state index in [-0.39, 0.29) is 5.91 Å². The van der Waals surface area contributed by atoms with Crippen LogP contribution in [0.4, 0.5) is 0 Å². The molecule has 22 heavy (non-hydrogen) atoms. The van der Waals surface area contributed by atoms with Gasteiger partial charge >= 0.3 is 0 Å². The van der Waals surface area contributed by atoms with Gasteiger partial charge in [-0.05, 0) is 43.0 Å². The number of hydrogen-bond donors (Lipinski definition) is 0. The summed E-state index contributed by atoms with van der Waals surface area (Å²) in [6.45, 7) is 1.51. The molecule has 5 nitrogen and oxygen atoms in total. The molecule has 0 N–H and O–H groups in total. The van der Waals surface area contributed by atoms with E-state index in [1.165, 1.54) is 6.20 Å². The third kappa shape index (κ3) is 3.12. The summed E-state index contributed by atoms with van der Waals surface area (Å²) >= 11 is 0. The second-order valence-electron chi connectivity index (χ2n) is 5.47. The number of carbonyl (C=O) groups excluding carboxylic acids is 1. The van der Waals surface area contributed by atoms with Crippen LogP contribution in [0.5, 0.6) is 0 Å². The Hall–Kier alpha value is -2.74. The molecule has 1 aliphatic rings. The molecule has 1 unspecified atom stereocenters. The Bertz CT molecular complexity index is 691. The van der Waals surface area contributed by atoms with E-state index in [4.69, 9.17) is 5.26 Å².